The van der Waals surface area contributed by atoms with E-state index < -0.39 is 0 Å². The standard InChI is InChI=1S/C7H11Cl/c1-3-5-7(4-2)6-8/h3-5H,6H2,1-2H3/b5-3-,7-4+. The van der Waals surface area contributed by atoms with E-state index in [1.807, 2.05) is 32.1 Å². The van der Waals surface area contributed by atoms with Crippen LogP contribution in [0, 0.1) is 0 Å². The van der Waals surface area contributed by atoms with Crippen molar-refractivity contribution >= 4 is 11.6 Å². The molecule has 0 aromatic carbocycles. The van der Waals surface area contributed by atoms with E-state index in [9.17, 15) is 0 Å². The van der Waals surface area contributed by atoms with Crippen molar-refractivity contribution < 1.29 is 0 Å². The molecule has 0 radical (unpaired) electrons. The second-order valence-electron chi connectivity index (χ2n) is 1.50. The summed E-state index contributed by atoms with van der Waals surface area (Å²) in [4.78, 5) is 0. The summed E-state index contributed by atoms with van der Waals surface area (Å²) in [6, 6.07) is 0. The maximum atomic E-state index is 5.53. The predicted octanol–water partition coefficient (Wildman–Crippen LogP) is 2.75. The predicted molar refractivity (Wildman–Crippen MR) is 39.3 cm³/mol. The van der Waals surface area contributed by atoms with Crippen molar-refractivity contribution in [2.24, 2.45) is 0 Å². The fourth-order valence-electron chi connectivity index (χ4n) is 0.432. The first-order chi connectivity index (χ1) is 3.85. The molecule has 0 bridgehead atoms. The maximum Gasteiger partial charge on any atom is 0.0470 e. The Hall–Kier alpha value is -0.230. The first-order valence-electron chi connectivity index (χ1n) is 2.69. The van der Waals surface area contributed by atoms with Gasteiger partial charge in [-0.25, -0.2) is 0 Å². The van der Waals surface area contributed by atoms with Crippen LogP contribution in [-0.4, -0.2) is 5.88 Å². The third-order valence-corrected chi connectivity index (χ3v) is 1.21. The molecule has 0 unspecified atom stereocenters. The Labute approximate surface area is 55.9 Å². The molecule has 0 aliphatic carbocycles. The summed E-state index contributed by atoms with van der Waals surface area (Å²) in [7, 11) is 0. The number of hydrogen-bond acceptors (Lipinski definition) is 0. The van der Waals surface area contributed by atoms with Crippen LogP contribution in [0.4, 0.5) is 0 Å². The molecular weight excluding hydrogens is 120 g/mol. The van der Waals surface area contributed by atoms with E-state index >= 15 is 0 Å². The van der Waals surface area contributed by atoms with Gasteiger partial charge in [0.05, 0.1) is 0 Å². The van der Waals surface area contributed by atoms with Crippen molar-refractivity contribution in [1.82, 2.24) is 0 Å². The van der Waals surface area contributed by atoms with Gasteiger partial charge in [0, 0.05) is 5.88 Å². The first kappa shape index (κ1) is 7.77. The van der Waals surface area contributed by atoms with Crippen molar-refractivity contribution in [3.05, 3.63) is 23.8 Å². The zero-order valence-electron chi connectivity index (χ0n) is 5.32. The number of rotatable bonds is 2. The third kappa shape index (κ3) is 2.86. The Balaban J connectivity index is 3.72. The van der Waals surface area contributed by atoms with E-state index in [1.165, 1.54) is 5.57 Å². The molecule has 0 atom stereocenters. The average Bonchev–Trinajstić information content (AvgIpc) is 1.83. The van der Waals surface area contributed by atoms with Crippen LogP contribution in [0.15, 0.2) is 23.8 Å². The van der Waals surface area contributed by atoms with Gasteiger partial charge >= 0.3 is 0 Å². The lowest BCUT2D eigenvalue weighted by Crippen LogP contribution is -1.74. The van der Waals surface area contributed by atoms with Crippen LogP contribution in [0.25, 0.3) is 0 Å². The Morgan fingerprint density at radius 3 is 2.25 bits per heavy atom. The Kier molecular flexibility index (Phi) is 4.78. The Morgan fingerprint density at radius 1 is 1.50 bits per heavy atom. The van der Waals surface area contributed by atoms with E-state index in [-0.39, 0.29) is 0 Å². The molecule has 0 aromatic heterocycles. The van der Waals surface area contributed by atoms with E-state index in [0.717, 1.165) is 0 Å². The molecule has 0 spiro atoms. The molecule has 0 nitrogen and oxygen atoms in total. The SMILES string of the molecule is C/C=C\C(=C/C)CCl. The van der Waals surface area contributed by atoms with Crippen molar-refractivity contribution in [2.45, 2.75) is 13.8 Å². The van der Waals surface area contributed by atoms with Gasteiger partial charge in [-0.3, -0.25) is 0 Å². The zero-order chi connectivity index (χ0) is 6.41. The topological polar surface area (TPSA) is 0 Å². The van der Waals surface area contributed by atoms with E-state index in [2.05, 4.69) is 0 Å². The van der Waals surface area contributed by atoms with Crippen molar-refractivity contribution in [3.63, 3.8) is 0 Å². The lowest BCUT2D eigenvalue weighted by molar-refractivity contribution is 1.47. The fraction of sp³-hybridized carbons (Fsp3) is 0.429. The lowest BCUT2D eigenvalue weighted by Gasteiger charge is -1.88. The van der Waals surface area contributed by atoms with Crippen LogP contribution in [0.3, 0.4) is 0 Å². The summed E-state index contributed by atoms with van der Waals surface area (Å²) >= 11 is 5.53. The lowest BCUT2D eigenvalue weighted by atomic mass is 10.3. The van der Waals surface area contributed by atoms with Gasteiger partial charge in [-0.1, -0.05) is 18.2 Å². The highest BCUT2D eigenvalue weighted by Crippen LogP contribution is 1.97. The molecule has 0 saturated heterocycles. The third-order valence-electron chi connectivity index (χ3n) is 0.906. The largest absolute Gasteiger partial charge is 0.122 e. The Bertz CT molecular complexity index is 98.2. The fourth-order valence-corrected chi connectivity index (χ4v) is 0.675. The Morgan fingerprint density at radius 2 is 2.12 bits per heavy atom. The minimum Gasteiger partial charge on any atom is -0.122 e. The minimum absolute atomic E-state index is 0.612. The number of allylic oxidation sites excluding steroid dienone is 4. The zero-order valence-corrected chi connectivity index (χ0v) is 6.07. The van der Waals surface area contributed by atoms with Crippen molar-refractivity contribution in [3.8, 4) is 0 Å². The minimum atomic E-state index is 0.612. The molecule has 0 saturated carbocycles. The van der Waals surface area contributed by atoms with Crippen LogP contribution in [0.5, 0.6) is 0 Å². The molecule has 0 N–H and O–H groups in total. The van der Waals surface area contributed by atoms with E-state index in [1.54, 1.807) is 0 Å². The van der Waals surface area contributed by atoms with Crippen LogP contribution < -0.4 is 0 Å². The second kappa shape index (κ2) is 4.92. The molecule has 0 aromatic rings. The molecule has 46 valence electrons. The number of halogens is 1. The van der Waals surface area contributed by atoms with Crippen LogP contribution in [0.2, 0.25) is 0 Å². The van der Waals surface area contributed by atoms with Gasteiger partial charge in [-0.2, -0.15) is 0 Å². The van der Waals surface area contributed by atoms with Gasteiger partial charge in [0.25, 0.3) is 0 Å². The van der Waals surface area contributed by atoms with E-state index in [4.69, 9.17) is 11.6 Å². The van der Waals surface area contributed by atoms with Crippen molar-refractivity contribution in [1.29, 1.82) is 0 Å². The average molecular weight is 131 g/mol. The van der Waals surface area contributed by atoms with Crippen LogP contribution in [-0.2, 0) is 0 Å². The first-order valence-corrected chi connectivity index (χ1v) is 3.22. The monoisotopic (exact) mass is 130 g/mol. The number of alkyl halides is 1. The molecule has 8 heavy (non-hydrogen) atoms. The summed E-state index contributed by atoms with van der Waals surface area (Å²) in [6.45, 7) is 3.97. The molecule has 1 heteroatoms. The molecule has 0 aliphatic rings. The second-order valence-corrected chi connectivity index (χ2v) is 1.76. The summed E-state index contributed by atoms with van der Waals surface area (Å²) < 4.78 is 0. The highest BCUT2D eigenvalue weighted by atomic mass is 35.5. The van der Waals surface area contributed by atoms with Gasteiger partial charge in [-0.15, -0.1) is 11.6 Å². The highest BCUT2D eigenvalue weighted by molar-refractivity contribution is 6.19. The highest BCUT2D eigenvalue weighted by Gasteiger charge is 1.81. The van der Waals surface area contributed by atoms with Gasteiger partial charge in [0.1, 0.15) is 0 Å². The van der Waals surface area contributed by atoms with Crippen molar-refractivity contribution in [2.75, 3.05) is 5.88 Å². The summed E-state index contributed by atoms with van der Waals surface area (Å²) in [5.41, 5.74) is 1.18. The summed E-state index contributed by atoms with van der Waals surface area (Å²) in [5.74, 6) is 0.612. The summed E-state index contributed by atoms with van der Waals surface area (Å²) in [5, 5.41) is 0. The smallest absolute Gasteiger partial charge is 0.0470 e. The molecular formula is C7H11Cl. The number of hydrogen-bond donors (Lipinski definition) is 0. The van der Waals surface area contributed by atoms with E-state index in [0.29, 0.717) is 5.88 Å². The van der Waals surface area contributed by atoms with Gasteiger partial charge in [0.15, 0.2) is 0 Å². The molecule has 0 rings (SSSR count). The molecule has 0 heterocycles. The normalized spacial score (nSPS) is 13.1. The molecule has 0 aliphatic heterocycles. The van der Waals surface area contributed by atoms with Crippen LogP contribution >= 0.6 is 11.6 Å². The van der Waals surface area contributed by atoms with Crippen LogP contribution in [0.1, 0.15) is 13.8 Å². The van der Waals surface area contributed by atoms with Gasteiger partial charge in [-0.05, 0) is 19.4 Å². The molecule has 0 amide bonds. The quantitative estimate of drug-likeness (QED) is 0.398. The maximum absolute atomic E-state index is 5.53. The summed E-state index contributed by atoms with van der Waals surface area (Å²) in [6.07, 6.45) is 6.00. The molecule has 0 fully saturated rings. The van der Waals surface area contributed by atoms with Gasteiger partial charge in [0.2, 0.25) is 0 Å². The van der Waals surface area contributed by atoms with Gasteiger partial charge < -0.3 is 0 Å².